The molecule has 0 heterocycles. The molecule has 3 aromatic carbocycles. The summed E-state index contributed by atoms with van der Waals surface area (Å²) in [6.07, 6.45) is 1.45. The molecule has 0 amide bonds. The maximum atomic E-state index is 11.8. The lowest BCUT2D eigenvalue weighted by atomic mass is 9.79. The predicted octanol–water partition coefficient (Wildman–Crippen LogP) is 5.02. The first kappa shape index (κ1) is 21.7. The predicted molar refractivity (Wildman–Crippen MR) is 119 cm³/mol. The number of hydrogen-bond acceptors (Lipinski definition) is 4. The summed E-state index contributed by atoms with van der Waals surface area (Å²) >= 11 is 0. The first-order valence-corrected chi connectivity index (χ1v) is 9.59. The van der Waals surface area contributed by atoms with Crippen molar-refractivity contribution in [1.29, 1.82) is 0 Å². The lowest BCUT2D eigenvalue weighted by Gasteiger charge is -2.28. The van der Waals surface area contributed by atoms with Gasteiger partial charge >= 0.3 is 5.97 Å². The van der Waals surface area contributed by atoms with E-state index in [9.17, 15) is 9.90 Å². The van der Waals surface area contributed by atoms with Crippen LogP contribution in [-0.2, 0) is 11.2 Å². The van der Waals surface area contributed by atoms with Gasteiger partial charge in [0, 0.05) is 11.6 Å². The summed E-state index contributed by atoms with van der Waals surface area (Å²) in [5.74, 6) is 0.444. The molecule has 3 N–H and O–H groups in total. The first-order chi connectivity index (χ1) is 14.1. The highest BCUT2D eigenvalue weighted by molar-refractivity contribution is 5.85. The zero-order valence-corrected chi connectivity index (χ0v) is 17.4. The van der Waals surface area contributed by atoms with Crippen molar-refractivity contribution < 1.29 is 19.4 Å². The van der Waals surface area contributed by atoms with Crippen molar-refractivity contribution in [2.75, 3.05) is 7.11 Å². The van der Waals surface area contributed by atoms with Gasteiger partial charge in [0.15, 0.2) is 0 Å². The number of carboxylic acid groups (broad SMARTS) is 1. The Bertz CT molecular complexity index is 1050. The second-order valence-corrected chi connectivity index (χ2v) is 7.21. The monoisotopic (exact) mass is 425 g/mol. The Morgan fingerprint density at radius 1 is 1.03 bits per heavy atom. The number of nitrogens with two attached hydrogens (primary N) is 1. The fourth-order valence-corrected chi connectivity index (χ4v) is 3.90. The number of para-hydroxylation sites is 1. The minimum Gasteiger partial charge on any atom is -0.497 e. The van der Waals surface area contributed by atoms with Gasteiger partial charge in [0.2, 0.25) is 0 Å². The molecule has 1 aliphatic carbocycles. The molecule has 5 nitrogen and oxygen atoms in total. The van der Waals surface area contributed by atoms with E-state index in [0.717, 1.165) is 34.4 Å². The summed E-state index contributed by atoms with van der Waals surface area (Å²) < 4.78 is 11.5. The number of methoxy groups -OCH3 is 1. The Labute approximate surface area is 181 Å². The molecule has 0 saturated carbocycles. The van der Waals surface area contributed by atoms with Crippen molar-refractivity contribution >= 4 is 18.4 Å². The van der Waals surface area contributed by atoms with Crippen LogP contribution in [0.2, 0.25) is 0 Å². The normalized spacial score (nSPS) is 17.4. The maximum absolute atomic E-state index is 11.8. The maximum Gasteiger partial charge on any atom is 0.312 e. The summed E-state index contributed by atoms with van der Waals surface area (Å²) in [4.78, 5) is 11.8. The molecule has 0 fully saturated rings. The highest BCUT2D eigenvalue weighted by Gasteiger charge is 2.33. The van der Waals surface area contributed by atoms with Crippen LogP contribution in [0.3, 0.4) is 0 Å². The molecule has 3 aromatic rings. The minimum absolute atomic E-state index is 0. The van der Waals surface area contributed by atoms with Gasteiger partial charge in [-0.25, -0.2) is 0 Å². The Kier molecular flexibility index (Phi) is 6.65. The van der Waals surface area contributed by atoms with Crippen molar-refractivity contribution in [1.82, 2.24) is 0 Å². The average molecular weight is 426 g/mol. The molecular formula is C24H24ClNO4. The topological polar surface area (TPSA) is 81.8 Å². The summed E-state index contributed by atoms with van der Waals surface area (Å²) in [6.45, 7) is 0. The number of ether oxygens (including phenoxy) is 2. The smallest absolute Gasteiger partial charge is 0.312 e. The number of fused-ring (bicyclic) bond motifs is 1. The molecule has 0 spiro atoms. The molecule has 2 atom stereocenters. The van der Waals surface area contributed by atoms with E-state index in [-0.39, 0.29) is 18.4 Å². The second kappa shape index (κ2) is 9.20. The van der Waals surface area contributed by atoms with Gasteiger partial charge in [0.1, 0.15) is 17.2 Å². The van der Waals surface area contributed by atoms with Crippen molar-refractivity contribution in [3.63, 3.8) is 0 Å². The van der Waals surface area contributed by atoms with Crippen LogP contribution in [-0.4, -0.2) is 24.2 Å². The van der Waals surface area contributed by atoms with E-state index in [2.05, 4.69) is 0 Å². The standard InChI is InChI=1S/C24H23NO4.ClH/c1-28-17-6-4-5-16(13-17)19-7-2-3-8-22(19)29-18-11-9-15-10-12-21(25)23(24(26)27)20(15)14-18;/h2-9,11,13-14,21,23H,10,12,25H2,1H3,(H,26,27);1H. The fraction of sp³-hybridized carbons (Fsp3) is 0.208. The zero-order valence-electron chi connectivity index (χ0n) is 16.6. The van der Waals surface area contributed by atoms with Gasteiger partial charge in [-0.05, 0) is 59.9 Å². The van der Waals surface area contributed by atoms with E-state index in [0.29, 0.717) is 17.9 Å². The van der Waals surface area contributed by atoms with Crippen molar-refractivity contribution in [3.8, 4) is 28.4 Å². The van der Waals surface area contributed by atoms with Crippen LogP contribution in [0.15, 0.2) is 66.7 Å². The third kappa shape index (κ3) is 4.27. The van der Waals surface area contributed by atoms with E-state index in [1.54, 1.807) is 7.11 Å². The van der Waals surface area contributed by atoms with E-state index in [1.165, 1.54) is 0 Å². The number of aliphatic carboxylic acids is 1. The minimum atomic E-state index is -0.896. The highest BCUT2D eigenvalue weighted by atomic mass is 35.5. The Balaban J connectivity index is 0.00000256. The average Bonchev–Trinajstić information content (AvgIpc) is 2.73. The number of halogens is 1. The molecule has 0 aromatic heterocycles. The van der Waals surface area contributed by atoms with E-state index >= 15 is 0 Å². The van der Waals surface area contributed by atoms with Crippen LogP contribution in [0.1, 0.15) is 23.5 Å². The van der Waals surface area contributed by atoms with Gasteiger partial charge in [-0.1, -0.05) is 36.4 Å². The quantitative estimate of drug-likeness (QED) is 0.599. The molecule has 0 aliphatic heterocycles. The number of carbonyl (C=O) groups is 1. The Morgan fingerprint density at radius 3 is 2.60 bits per heavy atom. The zero-order chi connectivity index (χ0) is 20.4. The number of benzene rings is 3. The van der Waals surface area contributed by atoms with Crippen LogP contribution < -0.4 is 15.2 Å². The molecule has 156 valence electrons. The molecule has 0 saturated heterocycles. The molecule has 30 heavy (non-hydrogen) atoms. The number of rotatable bonds is 5. The summed E-state index contributed by atoms with van der Waals surface area (Å²) in [6, 6.07) is 20.8. The van der Waals surface area contributed by atoms with Gasteiger partial charge in [0.05, 0.1) is 13.0 Å². The van der Waals surface area contributed by atoms with Crippen LogP contribution >= 0.6 is 12.4 Å². The number of carboxylic acids is 1. The summed E-state index contributed by atoms with van der Waals surface area (Å²) in [5.41, 5.74) is 9.76. The fourth-order valence-electron chi connectivity index (χ4n) is 3.90. The Hall–Kier alpha value is -3.02. The van der Waals surface area contributed by atoms with Crippen LogP contribution in [0.5, 0.6) is 17.2 Å². The third-order valence-electron chi connectivity index (χ3n) is 5.39. The SMILES string of the molecule is COc1cccc(-c2ccccc2Oc2ccc3c(c2)C(C(=O)O)C(N)CC3)c1.Cl. The summed E-state index contributed by atoms with van der Waals surface area (Å²) in [7, 11) is 1.64. The van der Waals surface area contributed by atoms with Crippen LogP contribution in [0.25, 0.3) is 11.1 Å². The van der Waals surface area contributed by atoms with E-state index in [4.69, 9.17) is 15.2 Å². The van der Waals surface area contributed by atoms with E-state index in [1.807, 2.05) is 66.7 Å². The number of aryl methyl sites for hydroxylation is 1. The Morgan fingerprint density at radius 2 is 1.83 bits per heavy atom. The summed E-state index contributed by atoms with van der Waals surface area (Å²) in [5, 5.41) is 9.65. The molecular weight excluding hydrogens is 402 g/mol. The van der Waals surface area contributed by atoms with Crippen LogP contribution in [0, 0.1) is 0 Å². The van der Waals surface area contributed by atoms with Gasteiger partial charge in [-0.2, -0.15) is 0 Å². The second-order valence-electron chi connectivity index (χ2n) is 7.21. The number of hydrogen-bond donors (Lipinski definition) is 2. The van der Waals surface area contributed by atoms with Gasteiger partial charge < -0.3 is 20.3 Å². The first-order valence-electron chi connectivity index (χ1n) is 9.59. The molecule has 6 heteroatoms. The third-order valence-corrected chi connectivity index (χ3v) is 5.39. The largest absolute Gasteiger partial charge is 0.497 e. The van der Waals surface area contributed by atoms with Crippen molar-refractivity contribution in [2.45, 2.75) is 24.8 Å². The molecule has 1 aliphatic rings. The highest BCUT2D eigenvalue weighted by Crippen LogP contribution is 2.38. The molecule has 2 unspecified atom stereocenters. The van der Waals surface area contributed by atoms with Gasteiger partial charge in [-0.15, -0.1) is 12.4 Å². The van der Waals surface area contributed by atoms with Crippen LogP contribution in [0.4, 0.5) is 0 Å². The van der Waals surface area contributed by atoms with Crippen molar-refractivity contribution in [3.05, 3.63) is 77.9 Å². The van der Waals surface area contributed by atoms with E-state index < -0.39 is 11.9 Å². The van der Waals surface area contributed by atoms with Gasteiger partial charge in [0.25, 0.3) is 0 Å². The molecule has 0 bridgehead atoms. The van der Waals surface area contributed by atoms with Gasteiger partial charge in [-0.3, -0.25) is 4.79 Å². The lowest BCUT2D eigenvalue weighted by Crippen LogP contribution is -2.37. The van der Waals surface area contributed by atoms with Crippen molar-refractivity contribution in [2.24, 2.45) is 5.73 Å². The molecule has 0 radical (unpaired) electrons. The molecule has 4 rings (SSSR count). The lowest BCUT2D eigenvalue weighted by molar-refractivity contribution is -0.139.